The Kier molecular flexibility index (Phi) is 3.74. The van der Waals surface area contributed by atoms with Crippen molar-refractivity contribution in [3.8, 4) is 11.5 Å². The van der Waals surface area contributed by atoms with E-state index in [-0.39, 0.29) is 12.4 Å². The summed E-state index contributed by atoms with van der Waals surface area (Å²) in [5, 5.41) is 0. The number of ketones is 1. The van der Waals surface area contributed by atoms with Crippen LogP contribution in [0, 0.1) is 5.92 Å². The number of ether oxygens (including phenoxy) is 3. The van der Waals surface area contributed by atoms with Crippen molar-refractivity contribution in [1.82, 2.24) is 0 Å². The predicted octanol–water partition coefficient (Wildman–Crippen LogP) is 1.62. The second kappa shape index (κ2) is 5.30. The molecule has 0 saturated heterocycles. The Bertz CT molecular complexity index is 521. The molecule has 1 aromatic carbocycles. The van der Waals surface area contributed by atoms with Crippen LogP contribution in [0.2, 0.25) is 0 Å². The molecule has 0 spiro atoms. The molecule has 0 N–H and O–H groups in total. The summed E-state index contributed by atoms with van der Waals surface area (Å²) in [6, 6.07) is 3.36. The van der Waals surface area contributed by atoms with Gasteiger partial charge in [-0.3, -0.25) is 9.59 Å². The van der Waals surface area contributed by atoms with Crippen LogP contribution in [0.5, 0.6) is 11.5 Å². The number of hydrogen-bond donors (Lipinski definition) is 0. The van der Waals surface area contributed by atoms with E-state index in [0.29, 0.717) is 23.5 Å². The summed E-state index contributed by atoms with van der Waals surface area (Å²) in [5.74, 6) is -0.388. The number of Topliss-reactive ketones (excluding diaryl/α,β-unsaturated/α-hetero) is 1. The first-order valence-corrected chi connectivity index (χ1v) is 6.08. The Morgan fingerprint density at radius 3 is 2.47 bits per heavy atom. The second-order valence-corrected chi connectivity index (χ2v) is 4.24. The Hall–Kier alpha value is -2.04. The third-order valence-electron chi connectivity index (χ3n) is 3.19. The van der Waals surface area contributed by atoms with Crippen molar-refractivity contribution in [2.75, 3.05) is 20.8 Å². The first-order valence-electron chi connectivity index (χ1n) is 6.08. The molecular formula is C14H16O5. The molecule has 1 aromatic rings. The lowest BCUT2D eigenvalue weighted by Crippen LogP contribution is -2.23. The molecule has 0 bridgehead atoms. The van der Waals surface area contributed by atoms with E-state index in [4.69, 9.17) is 14.2 Å². The van der Waals surface area contributed by atoms with E-state index in [1.54, 1.807) is 19.1 Å². The molecule has 1 aliphatic carbocycles. The Labute approximate surface area is 111 Å². The molecule has 0 unspecified atom stereocenters. The summed E-state index contributed by atoms with van der Waals surface area (Å²) in [5.41, 5.74) is 1.30. The zero-order valence-corrected chi connectivity index (χ0v) is 11.2. The minimum Gasteiger partial charge on any atom is -0.493 e. The molecule has 0 aromatic heterocycles. The topological polar surface area (TPSA) is 61.8 Å². The van der Waals surface area contributed by atoms with Crippen molar-refractivity contribution < 1.29 is 23.8 Å². The van der Waals surface area contributed by atoms with E-state index < -0.39 is 11.9 Å². The number of benzene rings is 1. The van der Waals surface area contributed by atoms with E-state index in [0.717, 1.165) is 5.56 Å². The van der Waals surface area contributed by atoms with E-state index >= 15 is 0 Å². The van der Waals surface area contributed by atoms with Gasteiger partial charge in [-0.1, -0.05) is 0 Å². The van der Waals surface area contributed by atoms with Gasteiger partial charge >= 0.3 is 5.97 Å². The maximum absolute atomic E-state index is 12.2. The van der Waals surface area contributed by atoms with Gasteiger partial charge in [0.15, 0.2) is 17.3 Å². The van der Waals surface area contributed by atoms with E-state index in [1.807, 2.05) is 0 Å². The average molecular weight is 264 g/mol. The molecule has 1 aliphatic rings. The van der Waals surface area contributed by atoms with Crippen LogP contribution >= 0.6 is 0 Å². The molecule has 0 aliphatic heterocycles. The van der Waals surface area contributed by atoms with Crippen molar-refractivity contribution >= 4 is 11.8 Å². The highest BCUT2D eigenvalue weighted by Gasteiger charge is 2.37. The SMILES string of the molecule is CCOC(=O)[C@H]1Cc2cc(OC)c(OC)cc2C1=O. The van der Waals surface area contributed by atoms with Crippen molar-refractivity contribution in [3.63, 3.8) is 0 Å². The Morgan fingerprint density at radius 1 is 1.26 bits per heavy atom. The maximum atomic E-state index is 12.2. The quantitative estimate of drug-likeness (QED) is 0.611. The summed E-state index contributed by atoms with van der Waals surface area (Å²) in [6.07, 6.45) is 0.355. The van der Waals surface area contributed by atoms with Gasteiger partial charge in [0.05, 0.1) is 20.8 Å². The standard InChI is InChI=1S/C14H16O5/c1-4-19-14(16)10-5-8-6-11(17-2)12(18-3)7-9(8)13(10)15/h6-7,10H,4-5H2,1-3H3/t10-/m0/s1. The van der Waals surface area contributed by atoms with Crippen molar-refractivity contribution in [2.45, 2.75) is 13.3 Å². The van der Waals surface area contributed by atoms with E-state index in [2.05, 4.69) is 0 Å². The lowest BCUT2D eigenvalue weighted by molar-refractivity contribution is -0.145. The minimum atomic E-state index is -0.744. The molecule has 2 rings (SSSR count). The van der Waals surface area contributed by atoms with Gasteiger partial charge in [0, 0.05) is 5.56 Å². The summed E-state index contributed by atoms with van der Waals surface area (Å²) in [7, 11) is 3.04. The summed E-state index contributed by atoms with van der Waals surface area (Å²) in [4.78, 5) is 23.9. The molecule has 0 radical (unpaired) electrons. The molecule has 0 amide bonds. The molecule has 0 heterocycles. The van der Waals surface area contributed by atoms with Gasteiger partial charge in [-0.15, -0.1) is 0 Å². The molecular weight excluding hydrogens is 248 g/mol. The lowest BCUT2D eigenvalue weighted by atomic mass is 10.1. The Balaban J connectivity index is 2.35. The number of carbonyl (C=O) groups is 2. The lowest BCUT2D eigenvalue weighted by Gasteiger charge is -2.09. The highest BCUT2D eigenvalue weighted by molar-refractivity contribution is 6.12. The first-order chi connectivity index (χ1) is 9.12. The van der Waals surface area contributed by atoms with Crippen LogP contribution in [0.3, 0.4) is 0 Å². The number of methoxy groups -OCH3 is 2. The normalized spacial score (nSPS) is 17.0. The smallest absolute Gasteiger partial charge is 0.317 e. The van der Waals surface area contributed by atoms with Gasteiger partial charge in [0.25, 0.3) is 0 Å². The second-order valence-electron chi connectivity index (χ2n) is 4.24. The molecule has 1 atom stereocenters. The minimum absolute atomic E-state index is 0.214. The monoisotopic (exact) mass is 264 g/mol. The highest BCUT2D eigenvalue weighted by atomic mass is 16.5. The fraction of sp³-hybridized carbons (Fsp3) is 0.429. The maximum Gasteiger partial charge on any atom is 0.317 e. The van der Waals surface area contributed by atoms with Crippen LogP contribution < -0.4 is 9.47 Å². The Morgan fingerprint density at radius 2 is 1.89 bits per heavy atom. The van der Waals surface area contributed by atoms with Crippen LogP contribution in [0.25, 0.3) is 0 Å². The van der Waals surface area contributed by atoms with Crippen molar-refractivity contribution in [1.29, 1.82) is 0 Å². The fourth-order valence-corrected chi connectivity index (χ4v) is 2.25. The molecule has 102 valence electrons. The van der Waals surface area contributed by atoms with Crippen molar-refractivity contribution in [2.24, 2.45) is 5.92 Å². The van der Waals surface area contributed by atoms with Crippen LogP contribution in [0.4, 0.5) is 0 Å². The molecule has 19 heavy (non-hydrogen) atoms. The zero-order chi connectivity index (χ0) is 14.0. The summed E-state index contributed by atoms with van der Waals surface area (Å²) < 4.78 is 15.3. The fourth-order valence-electron chi connectivity index (χ4n) is 2.25. The van der Waals surface area contributed by atoms with Gasteiger partial charge in [-0.05, 0) is 31.0 Å². The number of esters is 1. The predicted molar refractivity (Wildman–Crippen MR) is 67.7 cm³/mol. The van der Waals surface area contributed by atoms with Crippen LogP contribution in [0.15, 0.2) is 12.1 Å². The number of hydrogen-bond acceptors (Lipinski definition) is 5. The van der Waals surface area contributed by atoms with E-state index in [1.165, 1.54) is 14.2 Å². The van der Waals surface area contributed by atoms with E-state index in [9.17, 15) is 9.59 Å². The molecule has 0 fully saturated rings. The van der Waals surface area contributed by atoms with Crippen LogP contribution in [0.1, 0.15) is 22.8 Å². The average Bonchev–Trinajstić information content (AvgIpc) is 2.74. The zero-order valence-electron chi connectivity index (χ0n) is 11.2. The number of fused-ring (bicyclic) bond motifs is 1. The van der Waals surface area contributed by atoms with Gasteiger partial charge < -0.3 is 14.2 Å². The summed E-state index contributed by atoms with van der Waals surface area (Å²) >= 11 is 0. The summed E-state index contributed by atoms with van der Waals surface area (Å²) in [6.45, 7) is 1.99. The highest BCUT2D eigenvalue weighted by Crippen LogP contribution is 2.36. The molecule has 5 nitrogen and oxygen atoms in total. The van der Waals surface area contributed by atoms with Gasteiger partial charge in [0.1, 0.15) is 5.92 Å². The number of carbonyl (C=O) groups excluding carboxylic acids is 2. The third-order valence-corrected chi connectivity index (χ3v) is 3.19. The molecule has 5 heteroatoms. The van der Waals surface area contributed by atoms with Gasteiger partial charge in [-0.2, -0.15) is 0 Å². The van der Waals surface area contributed by atoms with Gasteiger partial charge in [-0.25, -0.2) is 0 Å². The van der Waals surface area contributed by atoms with Crippen LogP contribution in [-0.4, -0.2) is 32.6 Å². The first kappa shape index (κ1) is 13.4. The van der Waals surface area contributed by atoms with Crippen LogP contribution in [-0.2, 0) is 16.0 Å². The molecule has 0 saturated carbocycles. The van der Waals surface area contributed by atoms with Gasteiger partial charge in [0.2, 0.25) is 0 Å². The largest absolute Gasteiger partial charge is 0.493 e. The van der Waals surface area contributed by atoms with Crippen molar-refractivity contribution in [3.05, 3.63) is 23.3 Å². The third kappa shape index (κ3) is 2.28. The number of rotatable bonds is 4.